The van der Waals surface area contributed by atoms with E-state index < -0.39 is 12.0 Å². The van der Waals surface area contributed by atoms with Crippen LogP contribution in [0.1, 0.15) is 20.3 Å². The quantitative estimate of drug-likeness (QED) is 0.742. The molecule has 17 heavy (non-hydrogen) atoms. The van der Waals surface area contributed by atoms with E-state index in [1.807, 2.05) is 37.0 Å². The predicted octanol–water partition coefficient (Wildman–Crippen LogP) is 1.68. The minimum atomic E-state index is -0.787. The monoisotopic (exact) mass is 239 g/mol. The van der Waals surface area contributed by atoms with Crippen LogP contribution in [0.25, 0.3) is 0 Å². The predicted molar refractivity (Wildman–Crippen MR) is 67.0 cm³/mol. The van der Waals surface area contributed by atoms with Gasteiger partial charge in [0.05, 0.1) is 13.2 Å². The van der Waals surface area contributed by atoms with Gasteiger partial charge in [0, 0.05) is 13.1 Å². The van der Waals surface area contributed by atoms with Crippen molar-refractivity contribution in [3.63, 3.8) is 0 Å². The van der Waals surface area contributed by atoms with Gasteiger partial charge in [-0.2, -0.15) is 0 Å². The molecule has 1 rings (SSSR count). The highest BCUT2D eigenvalue weighted by molar-refractivity contribution is 5.78. The SMILES string of the molecule is CC=CC(=CCC)C(C(=O)O)N1CCOCC1. The van der Waals surface area contributed by atoms with Gasteiger partial charge in [0.15, 0.2) is 0 Å². The Hall–Kier alpha value is -1.13. The fourth-order valence-corrected chi connectivity index (χ4v) is 2.04. The van der Waals surface area contributed by atoms with E-state index in [0.717, 1.165) is 12.0 Å². The molecule has 1 heterocycles. The fourth-order valence-electron chi connectivity index (χ4n) is 2.04. The summed E-state index contributed by atoms with van der Waals surface area (Å²) in [7, 11) is 0. The van der Waals surface area contributed by atoms with E-state index in [0.29, 0.717) is 26.3 Å². The zero-order valence-electron chi connectivity index (χ0n) is 10.6. The zero-order valence-corrected chi connectivity index (χ0v) is 10.6. The Kier molecular flexibility index (Phi) is 5.94. The molecule has 1 aliphatic rings. The standard InChI is InChI=1S/C13H21NO3/c1-3-5-11(6-4-2)12(13(15)16)14-7-9-17-10-8-14/h3,5-6,12H,4,7-10H2,1-2H3,(H,15,16). The second kappa shape index (κ2) is 7.25. The number of carboxylic acids is 1. The molecule has 1 fully saturated rings. The molecule has 1 unspecified atom stereocenters. The van der Waals surface area contributed by atoms with Gasteiger partial charge in [-0.3, -0.25) is 9.69 Å². The summed E-state index contributed by atoms with van der Waals surface area (Å²) in [6.45, 7) is 6.49. The highest BCUT2D eigenvalue weighted by Gasteiger charge is 2.28. The van der Waals surface area contributed by atoms with E-state index in [1.165, 1.54) is 0 Å². The molecule has 4 nitrogen and oxygen atoms in total. The normalized spacial score (nSPS) is 20.7. The van der Waals surface area contributed by atoms with Crippen LogP contribution >= 0.6 is 0 Å². The van der Waals surface area contributed by atoms with Gasteiger partial charge >= 0.3 is 5.97 Å². The highest BCUT2D eigenvalue weighted by Crippen LogP contribution is 2.15. The third-order valence-electron chi connectivity index (χ3n) is 2.76. The van der Waals surface area contributed by atoms with Crippen LogP contribution in [-0.4, -0.2) is 48.3 Å². The molecule has 0 amide bonds. The summed E-state index contributed by atoms with van der Waals surface area (Å²) in [4.78, 5) is 13.4. The zero-order chi connectivity index (χ0) is 12.7. The number of hydrogen-bond donors (Lipinski definition) is 1. The molecule has 0 spiro atoms. The van der Waals surface area contributed by atoms with Crippen molar-refractivity contribution in [2.45, 2.75) is 26.3 Å². The van der Waals surface area contributed by atoms with E-state index in [-0.39, 0.29) is 0 Å². The number of aliphatic carboxylic acids is 1. The molecule has 0 aromatic carbocycles. The second-order valence-corrected chi connectivity index (χ2v) is 4.00. The first-order chi connectivity index (χ1) is 8.20. The molecular formula is C13H21NO3. The molecule has 4 heteroatoms. The third kappa shape index (κ3) is 3.98. The van der Waals surface area contributed by atoms with Gasteiger partial charge in [-0.25, -0.2) is 0 Å². The maximum absolute atomic E-state index is 11.4. The number of carbonyl (C=O) groups is 1. The van der Waals surface area contributed by atoms with Crippen molar-refractivity contribution < 1.29 is 14.6 Å². The molecule has 1 saturated heterocycles. The van der Waals surface area contributed by atoms with Crippen molar-refractivity contribution in [3.05, 3.63) is 23.8 Å². The Morgan fingerprint density at radius 1 is 1.47 bits per heavy atom. The number of allylic oxidation sites excluding steroid dienone is 2. The van der Waals surface area contributed by atoms with Crippen LogP contribution in [-0.2, 0) is 9.53 Å². The van der Waals surface area contributed by atoms with E-state index in [9.17, 15) is 9.90 Å². The molecule has 0 bridgehead atoms. The number of hydrogen-bond acceptors (Lipinski definition) is 3. The van der Waals surface area contributed by atoms with Crippen LogP contribution < -0.4 is 0 Å². The Labute approximate surface area is 103 Å². The lowest BCUT2D eigenvalue weighted by Crippen LogP contribution is -2.48. The number of rotatable bonds is 5. The number of ether oxygens (including phenoxy) is 1. The number of morpholine rings is 1. The van der Waals surface area contributed by atoms with Crippen molar-refractivity contribution in [1.82, 2.24) is 4.90 Å². The largest absolute Gasteiger partial charge is 0.480 e. The van der Waals surface area contributed by atoms with Gasteiger partial charge in [0.2, 0.25) is 0 Å². The summed E-state index contributed by atoms with van der Waals surface area (Å²) >= 11 is 0. The Morgan fingerprint density at radius 3 is 2.59 bits per heavy atom. The maximum atomic E-state index is 11.4. The molecular weight excluding hydrogens is 218 g/mol. The first-order valence-electron chi connectivity index (χ1n) is 6.08. The summed E-state index contributed by atoms with van der Waals surface area (Å²) in [5.74, 6) is -0.787. The third-order valence-corrected chi connectivity index (χ3v) is 2.76. The van der Waals surface area contributed by atoms with Crippen LogP contribution in [0.4, 0.5) is 0 Å². The van der Waals surface area contributed by atoms with Gasteiger partial charge in [0.25, 0.3) is 0 Å². The molecule has 0 aromatic rings. The minimum absolute atomic E-state index is 0.546. The van der Waals surface area contributed by atoms with Crippen LogP contribution in [0.15, 0.2) is 23.8 Å². The van der Waals surface area contributed by atoms with Crippen molar-refractivity contribution in [2.75, 3.05) is 26.3 Å². The second-order valence-electron chi connectivity index (χ2n) is 4.00. The lowest BCUT2D eigenvalue weighted by atomic mass is 10.0. The van der Waals surface area contributed by atoms with Crippen LogP contribution in [0.3, 0.4) is 0 Å². The van der Waals surface area contributed by atoms with Gasteiger partial charge in [-0.05, 0) is 18.9 Å². The Morgan fingerprint density at radius 2 is 2.12 bits per heavy atom. The van der Waals surface area contributed by atoms with Crippen molar-refractivity contribution in [2.24, 2.45) is 0 Å². The summed E-state index contributed by atoms with van der Waals surface area (Å²) in [6.07, 6.45) is 6.59. The molecule has 0 aromatic heterocycles. The molecule has 96 valence electrons. The lowest BCUT2D eigenvalue weighted by molar-refractivity contribution is -0.143. The van der Waals surface area contributed by atoms with Gasteiger partial charge in [0.1, 0.15) is 6.04 Å². The van der Waals surface area contributed by atoms with E-state index in [4.69, 9.17) is 4.74 Å². The van der Waals surface area contributed by atoms with Gasteiger partial charge in [-0.1, -0.05) is 25.2 Å². The first kappa shape index (κ1) is 13.9. The fraction of sp³-hybridized carbons (Fsp3) is 0.615. The van der Waals surface area contributed by atoms with Gasteiger partial charge < -0.3 is 9.84 Å². The van der Waals surface area contributed by atoms with Gasteiger partial charge in [-0.15, -0.1) is 0 Å². The molecule has 0 aliphatic carbocycles. The van der Waals surface area contributed by atoms with Crippen molar-refractivity contribution >= 4 is 5.97 Å². The lowest BCUT2D eigenvalue weighted by Gasteiger charge is -2.32. The summed E-state index contributed by atoms with van der Waals surface area (Å²) in [5, 5.41) is 9.39. The number of nitrogens with zero attached hydrogens (tertiary/aromatic N) is 1. The summed E-state index contributed by atoms with van der Waals surface area (Å²) in [5.41, 5.74) is 0.865. The van der Waals surface area contributed by atoms with E-state index >= 15 is 0 Å². The highest BCUT2D eigenvalue weighted by atomic mass is 16.5. The molecule has 1 atom stereocenters. The van der Waals surface area contributed by atoms with Crippen molar-refractivity contribution in [1.29, 1.82) is 0 Å². The van der Waals surface area contributed by atoms with Crippen LogP contribution in [0.2, 0.25) is 0 Å². The average Bonchev–Trinajstić information content (AvgIpc) is 2.31. The topological polar surface area (TPSA) is 49.8 Å². The van der Waals surface area contributed by atoms with E-state index in [1.54, 1.807) is 0 Å². The van der Waals surface area contributed by atoms with Crippen LogP contribution in [0.5, 0.6) is 0 Å². The first-order valence-corrected chi connectivity index (χ1v) is 6.08. The molecule has 0 radical (unpaired) electrons. The average molecular weight is 239 g/mol. The molecule has 1 N–H and O–H groups in total. The molecule has 1 aliphatic heterocycles. The summed E-state index contributed by atoms with van der Waals surface area (Å²) < 4.78 is 5.26. The number of carboxylic acid groups (broad SMARTS) is 1. The van der Waals surface area contributed by atoms with Crippen LogP contribution in [0, 0.1) is 0 Å². The van der Waals surface area contributed by atoms with E-state index in [2.05, 4.69) is 0 Å². The minimum Gasteiger partial charge on any atom is -0.480 e. The van der Waals surface area contributed by atoms with Crippen molar-refractivity contribution in [3.8, 4) is 0 Å². The smallest absolute Gasteiger partial charge is 0.325 e. The molecule has 0 saturated carbocycles. The Bertz CT molecular complexity index is 304. The summed E-state index contributed by atoms with van der Waals surface area (Å²) in [6, 6.07) is -0.546. The maximum Gasteiger partial charge on any atom is 0.325 e. The Balaban J connectivity index is 2.88.